The molecule has 0 aliphatic heterocycles. The molecular formula is C23H22Cl2N4OS. The van der Waals surface area contributed by atoms with Gasteiger partial charge in [0, 0.05) is 11.1 Å². The normalized spacial score (nSPS) is 15.4. The fraction of sp³-hybridized carbons (Fsp3) is 0.348. The van der Waals surface area contributed by atoms with Gasteiger partial charge in [0.1, 0.15) is 17.3 Å². The SMILES string of the molecule is C[C@@H](NC(=O)c1nn(-c2ccc(Cl)cc2Cl)c(-c2cccs2)c1C#N)C1CCCCC1. The third-order valence-electron chi connectivity index (χ3n) is 5.82. The Hall–Kier alpha value is -2.33. The lowest BCUT2D eigenvalue weighted by atomic mass is 9.84. The molecule has 0 bridgehead atoms. The molecule has 1 saturated carbocycles. The highest BCUT2D eigenvalue weighted by Gasteiger charge is 2.29. The highest BCUT2D eigenvalue weighted by molar-refractivity contribution is 7.13. The molecule has 1 aliphatic rings. The molecule has 1 atom stereocenters. The average molecular weight is 473 g/mol. The van der Waals surface area contributed by atoms with Gasteiger partial charge in [0.05, 0.1) is 15.6 Å². The summed E-state index contributed by atoms with van der Waals surface area (Å²) in [5.41, 5.74) is 1.46. The smallest absolute Gasteiger partial charge is 0.273 e. The lowest BCUT2D eigenvalue weighted by molar-refractivity contribution is 0.0913. The molecule has 2 aromatic heterocycles. The zero-order valence-electron chi connectivity index (χ0n) is 17.1. The van der Waals surface area contributed by atoms with Gasteiger partial charge in [-0.05, 0) is 55.3 Å². The summed E-state index contributed by atoms with van der Waals surface area (Å²) in [6, 6.07) is 11.1. The number of amides is 1. The first-order valence-corrected chi connectivity index (χ1v) is 12.0. The van der Waals surface area contributed by atoms with Crippen molar-refractivity contribution in [2.75, 3.05) is 0 Å². The van der Waals surface area contributed by atoms with Gasteiger partial charge >= 0.3 is 0 Å². The van der Waals surface area contributed by atoms with Crippen LogP contribution in [0.3, 0.4) is 0 Å². The van der Waals surface area contributed by atoms with E-state index >= 15 is 0 Å². The number of carbonyl (C=O) groups excluding carboxylic acids is 1. The van der Waals surface area contributed by atoms with Crippen molar-refractivity contribution < 1.29 is 4.79 Å². The summed E-state index contributed by atoms with van der Waals surface area (Å²) in [5, 5.41) is 20.4. The summed E-state index contributed by atoms with van der Waals surface area (Å²) in [5.74, 6) is 0.115. The predicted octanol–water partition coefficient (Wildman–Crippen LogP) is 6.48. The quantitative estimate of drug-likeness (QED) is 0.461. The molecule has 1 fully saturated rings. The Morgan fingerprint density at radius 2 is 2.06 bits per heavy atom. The minimum absolute atomic E-state index is 0.0220. The van der Waals surface area contributed by atoms with Crippen LogP contribution in [0.25, 0.3) is 16.3 Å². The topological polar surface area (TPSA) is 70.7 Å². The number of hydrogen-bond donors (Lipinski definition) is 1. The van der Waals surface area contributed by atoms with Gasteiger partial charge in [-0.25, -0.2) is 4.68 Å². The molecule has 0 saturated heterocycles. The van der Waals surface area contributed by atoms with E-state index in [1.807, 2.05) is 24.4 Å². The van der Waals surface area contributed by atoms with Crippen molar-refractivity contribution in [1.82, 2.24) is 15.1 Å². The van der Waals surface area contributed by atoms with Gasteiger partial charge in [0.2, 0.25) is 0 Å². The van der Waals surface area contributed by atoms with Gasteiger partial charge in [-0.2, -0.15) is 10.4 Å². The number of nitriles is 1. The van der Waals surface area contributed by atoms with Crippen molar-refractivity contribution in [3.8, 4) is 22.3 Å². The number of halogens is 2. The molecule has 31 heavy (non-hydrogen) atoms. The first kappa shape index (κ1) is 21.9. The number of rotatable bonds is 5. The fourth-order valence-electron chi connectivity index (χ4n) is 4.18. The van der Waals surface area contributed by atoms with Gasteiger partial charge < -0.3 is 5.32 Å². The van der Waals surface area contributed by atoms with E-state index in [9.17, 15) is 10.1 Å². The fourth-order valence-corrected chi connectivity index (χ4v) is 5.43. The van der Waals surface area contributed by atoms with Crippen LogP contribution in [0.1, 0.15) is 55.1 Å². The summed E-state index contributed by atoms with van der Waals surface area (Å²) in [6.07, 6.45) is 5.87. The van der Waals surface area contributed by atoms with Crippen molar-refractivity contribution in [3.05, 3.63) is 57.0 Å². The molecule has 1 N–H and O–H groups in total. The number of nitrogens with one attached hydrogen (secondary N) is 1. The number of carbonyl (C=O) groups is 1. The first-order valence-electron chi connectivity index (χ1n) is 10.3. The van der Waals surface area contributed by atoms with E-state index in [1.54, 1.807) is 22.9 Å². The second-order valence-corrected chi connectivity index (χ2v) is 9.62. The molecule has 0 radical (unpaired) electrons. The minimum Gasteiger partial charge on any atom is -0.348 e. The molecule has 0 unspecified atom stereocenters. The summed E-state index contributed by atoms with van der Waals surface area (Å²) >= 11 is 14.0. The molecular weight excluding hydrogens is 451 g/mol. The standard InChI is InChI=1S/C23H22Cl2N4OS/c1-14(15-6-3-2-4-7-15)27-23(30)21-17(13-26)22(20-8-5-11-31-20)29(28-21)19-10-9-16(24)12-18(19)25/h5,8-12,14-15H,2-4,6-7H2,1H3,(H,27,30)/t14-/m1/s1. The molecule has 4 rings (SSSR count). The van der Waals surface area contributed by atoms with Gasteiger partial charge in [0.25, 0.3) is 5.91 Å². The number of benzene rings is 1. The lowest BCUT2D eigenvalue weighted by Crippen LogP contribution is -2.39. The summed E-state index contributed by atoms with van der Waals surface area (Å²) in [7, 11) is 0. The molecule has 3 aromatic rings. The Bertz CT molecular complexity index is 1130. The van der Waals surface area contributed by atoms with Crippen LogP contribution < -0.4 is 5.32 Å². The van der Waals surface area contributed by atoms with Crippen molar-refractivity contribution in [1.29, 1.82) is 5.26 Å². The van der Waals surface area contributed by atoms with Gasteiger partial charge in [-0.3, -0.25) is 4.79 Å². The van der Waals surface area contributed by atoms with Crippen molar-refractivity contribution >= 4 is 40.4 Å². The largest absolute Gasteiger partial charge is 0.348 e. The molecule has 2 heterocycles. The summed E-state index contributed by atoms with van der Waals surface area (Å²) in [4.78, 5) is 14.0. The minimum atomic E-state index is -0.337. The van der Waals surface area contributed by atoms with E-state index in [2.05, 4.69) is 16.5 Å². The highest BCUT2D eigenvalue weighted by Crippen LogP contribution is 2.35. The number of aromatic nitrogens is 2. The summed E-state index contributed by atoms with van der Waals surface area (Å²) < 4.78 is 1.57. The molecule has 8 heteroatoms. The van der Waals surface area contributed by atoms with Crippen LogP contribution in [0.15, 0.2) is 35.7 Å². The van der Waals surface area contributed by atoms with Gasteiger partial charge in [-0.15, -0.1) is 11.3 Å². The van der Waals surface area contributed by atoms with Crippen LogP contribution in [0.5, 0.6) is 0 Å². The van der Waals surface area contributed by atoms with Crippen LogP contribution in [0, 0.1) is 17.2 Å². The molecule has 1 aliphatic carbocycles. The Morgan fingerprint density at radius 3 is 2.71 bits per heavy atom. The summed E-state index contributed by atoms with van der Waals surface area (Å²) in [6.45, 7) is 2.03. The van der Waals surface area contributed by atoms with E-state index in [0.717, 1.165) is 17.7 Å². The number of hydrogen-bond acceptors (Lipinski definition) is 4. The van der Waals surface area contributed by atoms with Crippen LogP contribution in [0.2, 0.25) is 10.0 Å². The third kappa shape index (κ3) is 4.50. The Labute approximate surface area is 195 Å². The van der Waals surface area contributed by atoms with E-state index in [0.29, 0.717) is 27.3 Å². The van der Waals surface area contributed by atoms with E-state index in [4.69, 9.17) is 23.2 Å². The van der Waals surface area contributed by atoms with E-state index in [1.165, 1.54) is 30.6 Å². The Balaban J connectivity index is 1.76. The maximum Gasteiger partial charge on any atom is 0.273 e. The second-order valence-electron chi connectivity index (χ2n) is 7.83. The van der Waals surface area contributed by atoms with Crippen molar-refractivity contribution in [2.24, 2.45) is 5.92 Å². The molecule has 5 nitrogen and oxygen atoms in total. The maximum atomic E-state index is 13.2. The monoisotopic (exact) mass is 472 g/mol. The zero-order valence-corrected chi connectivity index (χ0v) is 19.4. The van der Waals surface area contributed by atoms with Crippen LogP contribution in [-0.4, -0.2) is 21.7 Å². The molecule has 1 aromatic carbocycles. The Kier molecular flexibility index (Phi) is 6.66. The van der Waals surface area contributed by atoms with Crippen LogP contribution in [0.4, 0.5) is 0 Å². The van der Waals surface area contributed by atoms with Crippen molar-refractivity contribution in [2.45, 2.75) is 45.1 Å². The number of nitrogens with zero attached hydrogens (tertiary/aromatic N) is 3. The highest BCUT2D eigenvalue weighted by atomic mass is 35.5. The van der Waals surface area contributed by atoms with Crippen LogP contribution in [-0.2, 0) is 0 Å². The van der Waals surface area contributed by atoms with Gasteiger partial charge in [-0.1, -0.05) is 48.5 Å². The van der Waals surface area contributed by atoms with E-state index in [-0.39, 0.29) is 23.2 Å². The van der Waals surface area contributed by atoms with Gasteiger partial charge in [0.15, 0.2) is 5.69 Å². The van der Waals surface area contributed by atoms with Crippen molar-refractivity contribution in [3.63, 3.8) is 0 Å². The molecule has 0 spiro atoms. The predicted molar refractivity (Wildman–Crippen MR) is 125 cm³/mol. The van der Waals surface area contributed by atoms with Crippen LogP contribution >= 0.6 is 34.5 Å². The first-order chi connectivity index (χ1) is 15.0. The van der Waals surface area contributed by atoms with E-state index < -0.39 is 0 Å². The third-order valence-corrected chi connectivity index (χ3v) is 7.23. The number of thiophene rings is 1. The molecule has 1 amide bonds. The average Bonchev–Trinajstić information content (AvgIpc) is 3.41. The lowest BCUT2D eigenvalue weighted by Gasteiger charge is -2.28. The molecule has 160 valence electrons. The maximum absolute atomic E-state index is 13.2. The second kappa shape index (κ2) is 9.44. The Morgan fingerprint density at radius 1 is 1.29 bits per heavy atom. The zero-order chi connectivity index (χ0) is 22.0.